The zero-order valence-corrected chi connectivity index (χ0v) is 11.0. The summed E-state index contributed by atoms with van der Waals surface area (Å²) in [6.07, 6.45) is 6.18. The topological polar surface area (TPSA) is 51.7 Å². The first-order valence-electron chi connectivity index (χ1n) is 5.89. The summed E-state index contributed by atoms with van der Waals surface area (Å²) in [6.45, 7) is 6.56. The highest BCUT2D eigenvalue weighted by molar-refractivity contribution is 5.55. The number of aliphatic imine (C=N–C) groups is 1. The summed E-state index contributed by atoms with van der Waals surface area (Å²) in [5.41, 5.74) is 1.09. The van der Waals surface area contributed by atoms with Crippen molar-refractivity contribution in [3.63, 3.8) is 0 Å². The summed E-state index contributed by atoms with van der Waals surface area (Å²) in [4.78, 5) is 6.20. The van der Waals surface area contributed by atoms with E-state index in [0.29, 0.717) is 12.7 Å². The quantitative estimate of drug-likeness (QED) is 0.332. The van der Waals surface area contributed by atoms with E-state index in [1.54, 1.807) is 6.34 Å². The maximum atomic E-state index is 4.24. The van der Waals surface area contributed by atoms with Crippen molar-refractivity contribution >= 4 is 6.34 Å². The Morgan fingerprint density at radius 3 is 2.82 bits per heavy atom. The molecule has 0 aromatic heterocycles. The standard InChI is InChI=1S/C12H23N5/c1-10(13-3)7-14-8-17(4)9-15-11(2)16-12-5-6-12/h7,9,12-14,16H,2,5-6,8H2,1,3-4H3/b10-7+,15-9?. The minimum atomic E-state index is 0.601. The molecule has 5 heteroatoms. The molecule has 1 aliphatic rings. The van der Waals surface area contributed by atoms with Gasteiger partial charge in [-0.25, -0.2) is 4.99 Å². The lowest BCUT2D eigenvalue weighted by atomic mass is 10.5. The lowest BCUT2D eigenvalue weighted by Gasteiger charge is -2.13. The van der Waals surface area contributed by atoms with E-state index in [1.807, 2.05) is 32.1 Å². The molecule has 1 fully saturated rings. The molecular formula is C12H23N5. The van der Waals surface area contributed by atoms with E-state index in [9.17, 15) is 0 Å². The van der Waals surface area contributed by atoms with Gasteiger partial charge in [0.1, 0.15) is 5.82 Å². The molecule has 0 aliphatic heterocycles. The molecule has 3 N–H and O–H groups in total. The third-order valence-corrected chi connectivity index (χ3v) is 2.41. The SMILES string of the molecule is C=C(N=CN(C)CN/C=C(\C)NC)NC1CC1. The number of hydrogen-bond acceptors (Lipinski definition) is 4. The average molecular weight is 237 g/mol. The number of nitrogens with zero attached hydrogens (tertiary/aromatic N) is 2. The first-order valence-corrected chi connectivity index (χ1v) is 5.89. The number of hydrogen-bond donors (Lipinski definition) is 3. The lowest BCUT2D eigenvalue weighted by molar-refractivity contribution is 0.492. The van der Waals surface area contributed by atoms with Gasteiger partial charge in [-0.2, -0.15) is 0 Å². The summed E-state index contributed by atoms with van der Waals surface area (Å²) >= 11 is 0. The lowest BCUT2D eigenvalue weighted by Crippen LogP contribution is -2.28. The van der Waals surface area contributed by atoms with Gasteiger partial charge in [-0.05, 0) is 19.8 Å². The molecule has 0 unspecified atom stereocenters. The second-order valence-corrected chi connectivity index (χ2v) is 4.31. The summed E-state index contributed by atoms with van der Waals surface area (Å²) in [7, 11) is 3.86. The Labute approximate surface area is 104 Å². The first-order chi connectivity index (χ1) is 8.11. The second kappa shape index (κ2) is 6.83. The monoisotopic (exact) mass is 237 g/mol. The van der Waals surface area contributed by atoms with Gasteiger partial charge in [0, 0.05) is 32.0 Å². The molecule has 1 aliphatic carbocycles. The highest BCUT2D eigenvalue weighted by Gasteiger charge is 2.20. The van der Waals surface area contributed by atoms with Crippen molar-refractivity contribution < 1.29 is 0 Å². The predicted molar refractivity (Wildman–Crippen MR) is 72.4 cm³/mol. The Morgan fingerprint density at radius 2 is 2.24 bits per heavy atom. The van der Waals surface area contributed by atoms with Crippen LogP contribution in [0.1, 0.15) is 19.8 Å². The van der Waals surface area contributed by atoms with Crippen LogP contribution >= 0.6 is 0 Å². The fourth-order valence-electron chi connectivity index (χ4n) is 1.12. The molecule has 1 saturated carbocycles. The second-order valence-electron chi connectivity index (χ2n) is 4.31. The van der Waals surface area contributed by atoms with Crippen LogP contribution in [0.3, 0.4) is 0 Å². The van der Waals surface area contributed by atoms with Crippen LogP contribution in [-0.4, -0.2) is 38.0 Å². The molecule has 17 heavy (non-hydrogen) atoms. The molecule has 0 spiro atoms. The summed E-state index contributed by atoms with van der Waals surface area (Å²) in [5, 5.41) is 9.44. The molecule has 5 nitrogen and oxygen atoms in total. The van der Waals surface area contributed by atoms with Gasteiger partial charge in [-0.1, -0.05) is 6.58 Å². The average Bonchev–Trinajstić information content (AvgIpc) is 3.10. The largest absolute Gasteiger partial charge is 0.390 e. The van der Waals surface area contributed by atoms with Gasteiger partial charge in [0.05, 0.1) is 13.0 Å². The molecule has 0 aromatic carbocycles. The van der Waals surface area contributed by atoms with E-state index in [0.717, 1.165) is 11.5 Å². The van der Waals surface area contributed by atoms with Gasteiger partial charge in [-0.15, -0.1) is 0 Å². The van der Waals surface area contributed by atoms with Gasteiger partial charge in [-0.3, -0.25) is 0 Å². The van der Waals surface area contributed by atoms with Crippen LogP contribution < -0.4 is 16.0 Å². The molecule has 96 valence electrons. The highest BCUT2D eigenvalue weighted by atomic mass is 15.2. The zero-order chi connectivity index (χ0) is 12.7. The van der Waals surface area contributed by atoms with E-state index >= 15 is 0 Å². The van der Waals surface area contributed by atoms with E-state index in [4.69, 9.17) is 0 Å². The maximum absolute atomic E-state index is 4.24. The normalized spacial score (nSPS) is 15.8. The molecule has 0 radical (unpaired) electrons. The summed E-state index contributed by atoms with van der Waals surface area (Å²) in [5.74, 6) is 0.737. The summed E-state index contributed by atoms with van der Waals surface area (Å²) in [6, 6.07) is 0.601. The van der Waals surface area contributed by atoms with Crippen LogP contribution in [0.2, 0.25) is 0 Å². The fourth-order valence-corrected chi connectivity index (χ4v) is 1.12. The third-order valence-electron chi connectivity index (χ3n) is 2.41. The van der Waals surface area contributed by atoms with Crippen LogP contribution in [0.4, 0.5) is 0 Å². The van der Waals surface area contributed by atoms with E-state index in [-0.39, 0.29) is 0 Å². The van der Waals surface area contributed by atoms with Crippen molar-refractivity contribution in [2.24, 2.45) is 4.99 Å². The van der Waals surface area contributed by atoms with Crippen LogP contribution in [0.15, 0.2) is 29.3 Å². The van der Waals surface area contributed by atoms with Gasteiger partial charge in [0.15, 0.2) is 0 Å². The van der Waals surface area contributed by atoms with Crippen LogP contribution in [0.25, 0.3) is 0 Å². The van der Waals surface area contributed by atoms with Crippen LogP contribution in [-0.2, 0) is 0 Å². The smallest absolute Gasteiger partial charge is 0.120 e. The molecule has 0 saturated heterocycles. The Bertz CT molecular complexity index is 304. The van der Waals surface area contributed by atoms with Crippen molar-refractivity contribution in [2.45, 2.75) is 25.8 Å². The van der Waals surface area contributed by atoms with Crippen LogP contribution in [0.5, 0.6) is 0 Å². The van der Waals surface area contributed by atoms with Crippen molar-refractivity contribution in [2.75, 3.05) is 20.8 Å². The molecule has 0 aromatic rings. The van der Waals surface area contributed by atoms with Crippen molar-refractivity contribution in [1.82, 2.24) is 20.9 Å². The highest BCUT2D eigenvalue weighted by Crippen LogP contribution is 2.19. The molecule has 0 heterocycles. The number of rotatable bonds is 8. The first kappa shape index (κ1) is 13.4. The van der Waals surface area contributed by atoms with Gasteiger partial charge >= 0.3 is 0 Å². The molecule has 0 atom stereocenters. The van der Waals surface area contributed by atoms with E-state index < -0.39 is 0 Å². The maximum Gasteiger partial charge on any atom is 0.120 e. The third kappa shape index (κ3) is 6.50. The zero-order valence-electron chi connectivity index (χ0n) is 11.0. The minimum Gasteiger partial charge on any atom is -0.390 e. The van der Waals surface area contributed by atoms with Crippen LogP contribution in [0, 0.1) is 0 Å². The van der Waals surface area contributed by atoms with Gasteiger partial charge < -0.3 is 20.9 Å². The Hall–Kier alpha value is -1.65. The predicted octanol–water partition coefficient (Wildman–Crippen LogP) is 0.797. The van der Waals surface area contributed by atoms with Gasteiger partial charge in [0.25, 0.3) is 0 Å². The Balaban J connectivity index is 2.16. The number of allylic oxidation sites excluding steroid dienone is 1. The Morgan fingerprint density at radius 1 is 1.53 bits per heavy atom. The van der Waals surface area contributed by atoms with E-state index in [1.165, 1.54) is 12.8 Å². The van der Waals surface area contributed by atoms with Crippen molar-refractivity contribution in [3.8, 4) is 0 Å². The summed E-state index contributed by atoms with van der Waals surface area (Å²) < 4.78 is 0. The minimum absolute atomic E-state index is 0.601. The molecule has 0 bridgehead atoms. The van der Waals surface area contributed by atoms with Gasteiger partial charge in [0.2, 0.25) is 0 Å². The Kier molecular flexibility index (Phi) is 5.39. The van der Waals surface area contributed by atoms with Crippen molar-refractivity contribution in [3.05, 3.63) is 24.3 Å². The van der Waals surface area contributed by atoms with E-state index in [2.05, 4.69) is 27.5 Å². The fraction of sp³-hybridized carbons (Fsp3) is 0.583. The number of nitrogens with one attached hydrogen (secondary N) is 3. The van der Waals surface area contributed by atoms with Crippen molar-refractivity contribution in [1.29, 1.82) is 0 Å². The molecule has 1 rings (SSSR count). The molecular weight excluding hydrogens is 214 g/mol. The molecule has 0 amide bonds.